The third-order valence-electron chi connectivity index (χ3n) is 3.54. The molecule has 1 rings (SSSR count). The highest BCUT2D eigenvalue weighted by atomic mass is 32.1. The Balaban J connectivity index is 2.19. The SMILES string of the molecule is CCCCCCCCCCn1c(C(C)C)n[nH]c1=S. The van der Waals surface area contributed by atoms with Gasteiger partial charge >= 0.3 is 0 Å². The molecule has 0 aliphatic rings. The van der Waals surface area contributed by atoms with Crippen LogP contribution in [0.15, 0.2) is 0 Å². The van der Waals surface area contributed by atoms with Gasteiger partial charge in [-0.15, -0.1) is 0 Å². The summed E-state index contributed by atoms with van der Waals surface area (Å²) in [6, 6.07) is 0. The molecule has 0 aromatic carbocycles. The van der Waals surface area contributed by atoms with Gasteiger partial charge in [-0.25, -0.2) is 0 Å². The molecule has 0 amide bonds. The highest BCUT2D eigenvalue weighted by Gasteiger charge is 2.09. The summed E-state index contributed by atoms with van der Waals surface area (Å²) in [6.45, 7) is 7.60. The van der Waals surface area contributed by atoms with Crippen molar-refractivity contribution in [3.8, 4) is 0 Å². The summed E-state index contributed by atoms with van der Waals surface area (Å²) >= 11 is 5.29. The van der Waals surface area contributed by atoms with Crippen molar-refractivity contribution in [3.63, 3.8) is 0 Å². The Morgan fingerprint density at radius 1 is 1.05 bits per heavy atom. The molecule has 0 aliphatic heterocycles. The molecule has 0 saturated heterocycles. The Morgan fingerprint density at radius 2 is 1.63 bits per heavy atom. The quantitative estimate of drug-likeness (QED) is 0.472. The van der Waals surface area contributed by atoms with E-state index in [0.717, 1.165) is 17.1 Å². The molecular weight excluding hydrogens is 254 g/mol. The maximum absolute atomic E-state index is 5.29. The van der Waals surface area contributed by atoms with Crippen molar-refractivity contribution in [2.45, 2.75) is 84.6 Å². The fourth-order valence-electron chi connectivity index (χ4n) is 2.39. The number of hydrogen-bond acceptors (Lipinski definition) is 2. The minimum Gasteiger partial charge on any atom is -0.304 e. The van der Waals surface area contributed by atoms with Crippen LogP contribution in [0.25, 0.3) is 0 Å². The van der Waals surface area contributed by atoms with Crippen molar-refractivity contribution in [3.05, 3.63) is 10.6 Å². The van der Waals surface area contributed by atoms with E-state index in [9.17, 15) is 0 Å². The lowest BCUT2D eigenvalue weighted by molar-refractivity contribution is 0.526. The lowest BCUT2D eigenvalue weighted by Crippen LogP contribution is -2.05. The van der Waals surface area contributed by atoms with Gasteiger partial charge in [0.1, 0.15) is 5.82 Å². The first-order valence-electron chi connectivity index (χ1n) is 7.82. The van der Waals surface area contributed by atoms with Gasteiger partial charge in [0.2, 0.25) is 0 Å². The highest BCUT2D eigenvalue weighted by molar-refractivity contribution is 7.71. The van der Waals surface area contributed by atoms with Crippen molar-refractivity contribution >= 4 is 12.2 Å². The van der Waals surface area contributed by atoms with E-state index in [2.05, 4.69) is 35.5 Å². The summed E-state index contributed by atoms with van der Waals surface area (Å²) in [5.41, 5.74) is 0. The van der Waals surface area contributed by atoms with Crippen molar-refractivity contribution < 1.29 is 0 Å². The third-order valence-corrected chi connectivity index (χ3v) is 3.85. The van der Waals surface area contributed by atoms with Gasteiger partial charge in [-0.2, -0.15) is 5.10 Å². The second-order valence-corrected chi connectivity index (χ2v) is 6.05. The largest absolute Gasteiger partial charge is 0.304 e. The number of aromatic nitrogens is 3. The van der Waals surface area contributed by atoms with Gasteiger partial charge in [-0.05, 0) is 18.6 Å². The summed E-state index contributed by atoms with van der Waals surface area (Å²) in [4.78, 5) is 0. The van der Waals surface area contributed by atoms with Crippen molar-refractivity contribution in [1.29, 1.82) is 0 Å². The molecule has 1 N–H and O–H groups in total. The summed E-state index contributed by atoms with van der Waals surface area (Å²) < 4.78 is 2.93. The molecule has 1 heterocycles. The summed E-state index contributed by atoms with van der Waals surface area (Å²) in [5.74, 6) is 1.52. The topological polar surface area (TPSA) is 33.6 Å². The van der Waals surface area contributed by atoms with Crippen LogP contribution in [0.2, 0.25) is 0 Å². The van der Waals surface area contributed by atoms with Crippen molar-refractivity contribution in [1.82, 2.24) is 14.8 Å². The van der Waals surface area contributed by atoms with E-state index in [1.54, 1.807) is 0 Å². The smallest absolute Gasteiger partial charge is 0.195 e. The van der Waals surface area contributed by atoms with Crippen LogP contribution in [0.3, 0.4) is 0 Å². The molecule has 0 atom stereocenters. The van der Waals surface area contributed by atoms with Gasteiger partial charge in [-0.1, -0.05) is 65.7 Å². The van der Waals surface area contributed by atoms with E-state index in [-0.39, 0.29) is 0 Å². The van der Waals surface area contributed by atoms with E-state index >= 15 is 0 Å². The Morgan fingerprint density at radius 3 is 2.21 bits per heavy atom. The lowest BCUT2D eigenvalue weighted by atomic mass is 10.1. The molecule has 1 aromatic heterocycles. The zero-order valence-electron chi connectivity index (χ0n) is 12.7. The first-order valence-corrected chi connectivity index (χ1v) is 8.22. The summed E-state index contributed by atoms with van der Waals surface area (Å²) in [7, 11) is 0. The maximum atomic E-state index is 5.29. The average molecular weight is 283 g/mol. The number of H-pyrrole nitrogens is 1. The van der Waals surface area contributed by atoms with Crippen LogP contribution in [0.1, 0.15) is 83.9 Å². The highest BCUT2D eigenvalue weighted by Crippen LogP contribution is 2.14. The standard InChI is InChI=1S/C15H29N3S/c1-4-5-6-7-8-9-10-11-12-18-14(13(2)3)16-17-15(18)19/h13H,4-12H2,1-3H3,(H,17,19). The second kappa shape index (κ2) is 9.29. The van der Waals surface area contributed by atoms with Gasteiger partial charge in [0.15, 0.2) is 4.77 Å². The molecule has 0 bridgehead atoms. The molecule has 1 aromatic rings. The first kappa shape index (κ1) is 16.4. The van der Waals surface area contributed by atoms with Crippen LogP contribution < -0.4 is 0 Å². The zero-order valence-corrected chi connectivity index (χ0v) is 13.6. The lowest BCUT2D eigenvalue weighted by Gasteiger charge is -2.08. The van der Waals surface area contributed by atoms with Gasteiger partial charge in [0, 0.05) is 12.5 Å². The molecule has 0 unspecified atom stereocenters. The monoisotopic (exact) mass is 283 g/mol. The molecule has 0 saturated carbocycles. The van der Waals surface area contributed by atoms with Crippen LogP contribution >= 0.6 is 12.2 Å². The predicted octanol–water partition coefficient (Wildman–Crippen LogP) is 5.20. The van der Waals surface area contributed by atoms with Crippen LogP contribution in [0, 0.1) is 4.77 Å². The second-order valence-electron chi connectivity index (χ2n) is 5.67. The van der Waals surface area contributed by atoms with E-state index in [1.807, 2.05) is 0 Å². The number of rotatable bonds is 10. The molecule has 3 nitrogen and oxygen atoms in total. The van der Waals surface area contributed by atoms with Gasteiger partial charge in [0.05, 0.1) is 0 Å². The number of aromatic amines is 1. The number of hydrogen-bond donors (Lipinski definition) is 1. The van der Waals surface area contributed by atoms with E-state index in [4.69, 9.17) is 12.2 Å². The molecule has 0 fully saturated rings. The maximum Gasteiger partial charge on any atom is 0.195 e. The van der Waals surface area contributed by atoms with E-state index in [0.29, 0.717) is 5.92 Å². The van der Waals surface area contributed by atoms with Crippen molar-refractivity contribution in [2.24, 2.45) is 0 Å². The fraction of sp³-hybridized carbons (Fsp3) is 0.867. The molecule has 0 radical (unpaired) electrons. The molecule has 0 aliphatic carbocycles. The average Bonchev–Trinajstić information content (AvgIpc) is 2.74. The Labute approximate surface area is 122 Å². The number of nitrogens with zero attached hydrogens (tertiary/aromatic N) is 2. The van der Waals surface area contributed by atoms with Crippen LogP contribution in [-0.2, 0) is 6.54 Å². The minimum atomic E-state index is 0.432. The Kier molecular flexibility index (Phi) is 8.03. The van der Waals surface area contributed by atoms with E-state index < -0.39 is 0 Å². The molecule has 4 heteroatoms. The van der Waals surface area contributed by atoms with Crippen molar-refractivity contribution in [2.75, 3.05) is 0 Å². The Hall–Kier alpha value is -0.640. The normalized spacial score (nSPS) is 11.4. The van der Waals surface area contributed by atoms with E-state index in [1.165, 1.54) is 51.4 Å². The zero-order chi connectivity index (χ0) is 14.1. The van der Waals surface area contributed by atoms with Crippen LogP contribution in [0.5, 0.6) is 0 Å². The van der Waals surface area contributed by atoms with Gasteiger partial charge < -0.3 is 4.57 Å². The summed E-state index contributed by atoms with van der Waals surface area (Å²) in [6.07, 6.45) is 10.8. The minimum absolute atomic E-state index is 0.432. The molecule has 19 heavy (non-hydrogen) atoms. The number of nitrogens with one attached hydrogen (secondary N) is 1. The molecule has 110 valence electrons. The van der Waals surface area contributed by atoms with Crippen LogP contribution in [0.4, 0.5) is 0 Å². The van der Waals surface area contributed by atoms with Gasteiger partial charge in [-0.3, -0.25) is 5.10 Å². The molecule has 0 spiro atoms. The fourth-order valence-corrected chi connectivity index (χ4v) is 2.62. The first-order chi connectivity index (χ1) is 9.16. The molecular formula is C15H29N3S. The Bertz CT molecular complexity index is 392. The predicted molar refractivity (Wildman–Crippen MR) is 84.1 cm³/mol. The van der Waals surface area contributed by atoms with Crippen LogP contribution in [-0.4, -0.2) is 14.8 Å². The number of unbranched alkanes of at least 4 members (excludes halogenated alkanes) is 7. The van der Waals surface area contributed by atoms with Gasteiger partial charge in [0.25, 0.3) is 0 Å². The summed E-state index contributed by atoms with van der Waals surface area (Å²) in [5, 5.41) is 7.22. The third kappa shape index (κ3) is 5.89.